The van der Waals surface area contributed by atoms with Gasteiger partial charge in [0.2, 0.25) is 0 Å². The first-order chi connectivity index (χ1) is 7.66. The van der Waals surface area contributed by atoms with Gasteiger partial charge in [0.25, 0.3) is 0 Å². The monoisotopic (exact) mass is 227 g/mol. The molecule has 1 N–H and O–H groups in total. The van der Waals surface area contributed by atoms with Crippen LogP contribution in [0.25, 0.3) is 0 Å². The Morgan fingerprint density at radius 1 is 1.12 bits per heavy atom. The number of hydrogen-bond acceptors (Lipinski definition) is 2. The van der Waals surface area contributed by atoms with Crippen LogP contribution in [0.5, 0.6) is 0 Å². The van der Waals surface area contributed by atoms with Gasteiger partial charge in [-0.1, -0.05) is 40.0 Å². The molecular formula is C14H29NO. The van der Waals surface area contributed by atoms with Crippen molar-refractivity contribution in [1.29, 1.82) is 0 Å². The summed E-state index contributed by atoms with van der Waals surface area (Å²) in [6, 6.07) is 0.512. The van der Waals surface area contributed by atoms with Crippen molar-refractivity contribution in [2.24, 2.45) is 5.92 Å². The van der Waals surface area contributed by atoms with Crippen LogP contribution in [0.4, 0.5) is 0 Å². The van der Waals surface area contributed by atoms with Gasteiger partial charge in [-0.25, -0.2) is 0 Å². The van der Waals surface area contributed by atoms with Crippen molar-refractivity contribution in [1.82, 2.24) is 5.32 Å². The first-order valence-corrected chi connectivity index (χ1v) is 7.03. The van der Waals surface area contributed by atoms with Crippen molar-refractivity contribution in [2.75, 3.05) is 13.2 Å². The van der Waals surface area contributed by atoms with Gasteiger partial charge in [-0.2, -0.15) is 0 Å². The van der Waals surface area contributed by atoms with Gasteiger partial charge in [0.1, 0.15) is 0 Å². The van der Waals surface area contributed by atoms with Crippen LogP contribution >= 0.6 is 0 Å². The zero-order valence-corrected chi connectivity index (χ0v) is 11.5. The summed E-state index contributed by atoms with van der Waals surface area (Å²) in [5.41, 5.74) is 0.108. The summed E-state index contributed by atoms with van der Waals surface area (Å²) < 4.78 is 6.18. The molecule has 0 aliphatic heterocycles. The zero-order valence-electron chi connectivity index (χ0n) is 11.5. The summed E-state index contributed by atoms with van der Waals surface area (Å²) in [5.74, 6) is 0.643. The third-order valence-electron chi connectivity index (χ3n) is 3.79. The van der Waals surface area contributed by atoms with E-state index in [1.54, 1.807) is 0 Å². The van der Waals surface area contributed by atoms with E-state index in [4.69, 9.17) is 4.74 Å². The molecule has 0 aromatic carbocycles. The number of rotatable bonds is 6. The van der Waals surface area contributed by atoms with Gasteiger partial charge in [0.05, 0.1) is 5.60 Å². The van der Waals surface area contributed by atoms with Gasteiger partial charge >= 0.3 is 0 Å². The highest BCUT2D eigenvalue weighted by atomic mass is 16.5. The fourth-order valence-corrected chi connectivity index (χ4v) is 3.23. The molecule has 1 saturated carbocycles. The molecule has 0 bridgehead atoms. The standard InChI is InChI=1S/C14H29NO/c1-5-15-13(12(3)4)14(16-6-2)10-8-7-9-11-14/h12-13,15H,5-11H2,1-4H3. The Kier molecular flexibility index (Phi) is 5.77. The van der Waals surface area contributed by atoms with Crippen molar-refractivity contribution in [3.8, 4) is 0 Å². The molecule has 1 aliphatic carbocycles. The van der Waals surface area contributed by atoms with E-state index in [0.29, 0.717) is 12.0 Å². The van der Waals surface area contributed by atoms with Crippen molar-refractivity contribution < 1.29 is 4.74 Å². The first kappa shape index (κ1) is 14.0. The molecule has 0 saturated heterocycles. The van der Waals surface area contributed by atoms with Crippen molar-refractivity contribution in [3.63, 3.8) is 0 Å². The smallest absolute Gasteiger partial charge is 0.0837 e. The largest absolute Gasteiger partial charge is 0.374 e. The summed E-state index contributed by atoms with van der Waals surface area (Å²) in [4.78, 5) is 0. The third kappa shape index (κ3) is 3.21. The van der Waals surface area contributed by atoms with Gasteiger partial charge in [0, 0.05) is 12.6 Å². The van der Waals surface area contributed by atoms with Crippen molar-refractivity contribution >= 4 is 0 Å². The van der Waals surface area contributed by atoms with Gasteiger partial charge in [-0.15, -0.1) is 0 Å². The lowest BCUT2D eigenvalue weighted by molar-refractivity contribution is -0.0990. The quantitative estimate of drug-likeness (QED) is 0.751. The molecule has 96 valence electrons. The Hall–Kier alpha value is -0.0800. The van der Waals surface area contributed by atoms with Crippen molar-refractivity contribution in [2.45, 2.75) is 71.4 Å². The van der Waals surface area contributed by atoms with Crippen LogP contribution in [0.15, 0.2) is 0 Å². The van der Waals surface area contributed by atoms with Crippen LogP contribution in [0.2, 0.25) is 0 Å². The normalized spacial score (nSPS) is 22.3. The second kappa shape index (κ2) is 6.61. The molecule has 0 spiro atoms. The molecule has 2 heteroatoms. The second-order valence-corrected chi connectivity index (χ2v) is 5.34. The van der Waals surface area contributed by atoms with E-state index in [2.05, 4.69) is 33.0 Å². The maximum atomic E-state index is 6.18. The Morgan fingerprint density at radius 2 is 1.75 bits per heavy atom. The van der Waals surface area contributed by atoms with Crippen LogP contribution in [-0.2, 0) is 4.74 Å². The highest BCUT2D eigenvalue weighted by molar-refractivity contribution is 4.96. The molecule has 0 aromatic rings. The summed E-state index contributed by atoms with van der Waals surface area (Å²) in [6.07, 6.45) is 6.50. The van der Waals surface area contributed by atoms with Crippen LogP contribution in [0, 0.1) is 5.92 Å². The Bertz CT molecular complexity index is 180. The van der Waals surface area contributed by atoms with Crippen LogP contribution in [0.3, 0.4) is 0 Å². The Labute approximate surface area is 101 Å². The van der Waals surface area contributed by atoms with E-state index in [0.717, 1.165) is 13.2 Å². The number of likely N-dealkylation sites (N-methyl/N-ethyl adjacent to an activating group) is 1. The Morgan fingerprint density at radius 3 is 2.19 bits per heavy atom. The third-order valence-corrected chi connectivity index (χ3v) is 3.79. The molecule has 0 radical (unpaired) electrons. The average Bonchev–Trinajstić information content (AvgIpc) is 2.27. The molecule has 0 heterocycles. The predicted octanol–water partition coefficient (Wildman–Crippen LogP) is 3.36. The van der Waals surface area contributed by atoms with E-state index in [1.165, 1.54) is 32.1 Å². The van der Waals surface area contributed by atoms with E-state index in [9.17, 15) is 0 Å². The SMILES string of the molecule is CCNC(C(C)C)C1(OCC)CCCCC1. The highest BCUT2D eigenvalue weighted by Gasteiger charge is 2.41. The topological polar surface area (TPSA) is 21.3 Å². The molecule has 1 fully saturated rings. The van der Waals surface area contributed by atoms with E-state index in [1.807, 2.05) is 0 Å². The maximum absolute atomic E-state index is 6.18. The molecule has 16 heavy (non-hydrogen) atoms. The molecule has 1 unspecified atom stereocenters. The number of hydrogen-bond donors (Lipinski definition) is 1. The fourth-order valence-electron chi connectivity index (χ4n) is 3.23. The van der Waals surface area contributed by atoms with Gasteiger partial charge < -0.3 is 10.1 Å². The van der Waals surface area contributed by atoms with Crippen LogP contribution in [0.1, 0.15) is 59.8 Å². The van der Waals surface area contributed by atoms with E-state index < -0.39 is 0 Å². The average molecular weight is 227 g/mol. The number of ether oxygens (including phenoxy) is 1. The van der Waals surface area contributed by atoms with Crippen LogP contribution in [-0.4, -0.2) is 24.8 Å². The molecular weight excluding hydrogens is 198 g/mol. The molecule has 2 nitrogen and oxygen atoms in total. The zero-order chi connectivity index (χ0) is 12.0. The molecule has 1 atom stereocenters. The second-order valence-electron chi connectivity index (χ2n) is 5.34. The van der Waals surface area contributed by atoms with E-state index in [-0.39, 0.29) is 5.60 Å². The lowest BCUT2D eigenvalue weighted by Crippen LogP contribution is -2.56. The fraction of sp³-hybridized carbons (Fsp3) is 1.00. The Balaban J connectivity index is 2.78. The summed E-state index contributed by atoms with van der Waals surface area (Å²) in [5, 5.41) is 3.65. The van der Waals surface area contributed by atoms with Gasteiger partial charge in [-0.3, -0.25) is 0 Å². The number of nitrogens with one attached hydrogen (secondary N) is 1. The van der Waals surface area contributed by atoms with E-state index >= 15 is 0 Å². The van der Waals surface area contributed by atoms with Crippen LogP contribution < -0.4 is 5.32 Å². The molecule has 1 aliphatic rings. The minimum atomic E-state index is 0.108. The predicted molar refractivity (Wildman–Crippen MR) is 69.7 cm³/mol. The molecule has 1 rings (SSSR count). The lowest BCUT2D eigenvalue weighted by Gasteiger charge is -2.45. The van der Waals surface area contributed by atoms with Gasteiger partial charge in [0.15, 0.2) is 0 Å². The molecule has 0 amide bonds. The maximum Gasteiger partial charge on any atom is 0.0837 e. The molecule has 0 aromatic heterocycles. The minimum Gasteiger partial charge on any atom is -0.374 e. The first-order valence-electron chi connectivity index (χ1n) is 7.03. The summed E-state index contributed by atoms with van der Waals surface area (Å²) in [6.45, 7) is 10.8. The van der Waals surface area contributed by atoms with Gasteiger partial charge in [-0.05, 0) is 32.2 Å². The summed E-state index contributed by atoms with van der Waals surface area (Å²) in [7, 11) is 0. The minimum absolute atomic E-state index is 0.108. The van der Waals surface area contributed by atoms with Crippen molar-refractivity contribution in [3.05, 3.63) is 0 Å². The lowest BCUT2D eigenvalue weighted by atomic mass is 9.75. The summed E-state index contributed by atoms with van der Waals surface area (Å²) >= 11 is 0. The highest BCUT2D eigenvalue weighted by Crippen LogP contribution is 2.37.